The summed E-state index contributed by atoms with van der Waals surface area (Å²) < 4.78 is 72.4. The number of nitriles is 1. The van der Waals surface area contributed by atoms with Crippen molar-refractivity contribution in [2.24, 2.45) is 11.1 Å². The Morgan fingerprint density at radius 3 is 2.60 bits per heavy atom. The van der Waals surface area contributed by atoms with Crippen LogP contribution in [0.2, 0.25) is 0 Å². The molecule has 0 radical (unpaired) electrons. The van der Waals surface area contributed by atoms with Crippen molar-refractivity contribution >= 4 is 17.1 Å². The van der Waals surface area contributed by atoms with Crippen molar-refractivity contribution in [1.29, 1.82) is 5.26 Å². The third kappa shape index (κ3) is 4.77. The number of nitrogens with one attached hydrogen (secondary N) is 2. The number of nitrogens with two attached hydrogens (primary N) is 1. The molecule has 13 heteroatoms. The number of amides is 2. The summed E-state index contributed by atoms with van der Waals surface area (Å²) in [5, 5.41) is 12.0. The fourth-order valence-electron chi connectivity index (χ4n) is 4.12. The number of hydrogen-bond acceptors (Lipinski definition) is 5. The smallest absolute Gasteiger partial charge is 0.364 e. The number of fused-ring (bicyclic) bond motifs is 1. The largest absolute Gasteiger partial charge is 0.416 e. The standard InChI is InChI=1S/C22H25F5N6O2/c1-19(2,22(25,26)27)35-8-13(29)17-31-14-4-3-12(7-15(14)32-17)16(20(9-28)5-6-20)33-11-21(23,24)10-30-18(33)34/h3-4,7,13,16H,5-6,8,10-11,29H2,1-2H3,(H,30,34)(H,31,32)/t13-,16-/m0/s1. The molecule has 35 heavy (non-hydrogen) atoms. The van der Waals surface area contributed by atoms with E-state index in [9.17, 15) is 32.0 Å². The summed E-state index contributed by atoms with van der Waals surface area (Å²) in [6.45, 7) is -0.264. The SMILES string of the molecule is CC(C)(OC[C@H](N)c1nc2cc([C@H](N3CC(F)(F)CNC3=O)C3(C#N)CC3)ccc2[nH]1)C(F)(F)F. The Labute approximate surface area is 197 Å². The first kappa shape index (κ1) is 25.1. The quantitative estimate of drug-likeness (QED) is 0.498. The molecule has 4 N–H and O–H groups in total. The third-order valence-electron chi connectivity index (χ3n) is 6.51. The second-order valence-corrected chi connectivity index (χ2v) is 9.64. The Morgan fingerprint density at radius 1 is 1.31 bits per heavy atom. The third-order valence-corrected chi connectivity index (χ3v) is 6.51. The van der Waals surface area contributed by atoms with Crippen LogP contribution in [0.5, 0.6) is 0 Å². The highest BCUT2D eigenvalue weighted by Crippen LogP contribution is 2.57. The molecule has 0 unspecified atom stereocenters. The fraction of sp³-hybridized carbons (Fsp3) is 0.591. The van der Waals surface area contributed by atoms with Gasteiger partial charge in [0.25, 0.3) is 5.92 Å². The maximum atomic E-state index is 14.1. The number of halogens is 5. The Hall–Kier alpha value is -2.98. The normalized spacial score (nSPS) is 21.3. The highest BCUT2D eigenvalue weighted by atomic mass is 19.4. The van der Waals surface area contributed by atoms with Crippen LogP contribution in [0.15, 0.2) is 18.2 Å². The number of imidazole rings is 1. The van der Waals surface area contributed by atoms with Gasteiger partial charge in [-0.3, -0.25) is 0 Å². The average Bonchev–Trinajstić information content (AvgIpc) is 3.43. The van der Waals surface area contributed by atoms with Crippen LogP contribution in [0.4, 0.5) is 26.7 Å². The van der Waals surface area contributed by atoms with E-state index in [0.717, 1.165) is 18.7 Å². The summed E-state index contributed by atoms with van der Waals surface area (Å²) in [6, 6.07) is 4.38. The first-order valence-electron chi connectivity index (χ1n) is 11.0. The van der Waals surface area contributed by atoms with Gasteiger partial charge in [0.2, 0.25) is 0 Å². The molecule has 2 aliphatic rings. The maximum absolute atomic E-state index is 14.1. The molecule has 1 aromatic heterocycles. The highest BCUT2D eigenvalue weighted by Gasteiger charge is 2.56. The number of benzene rings is 1. The molecule has 1 saturated carbocycles. The van der Waals surface area contributed by atoms with Crippen LogP contribution in [0, 0.1) is 16.7 Å². The zero-order valence-corrected chi connectivity index (χ0v) is 19.0. The zero-order chi connectivity index (χ0) is 25.8. The van der Waals surface area contributed by atoms with Gasteiger partial charge in [-0.25, -0.2) is 18.6 Å². The van der Waals surface area contributed by atoms with Gasteiger partial charge < -0.3 is 25.7 Å². The van der Waals surface area contributed by atoms with Crippen molar-refractivity contribution in [2.45, 2.75) is 56.5 Å². The fourth-order valence-corrected chi connectivity index (χ4v) is 4.12. The number of H-pyrrole nitrogens is 1. The molecule has 1 aliphatic heterocycles. The summed E-state index contributed by atoms with van der Waals surface area (Å²) in [4.78, 5) is 20.8. The van der Waals surface area contributed by atoms with Crippen molar-refractivity contribution in [2.75, 3.05) is 19.7 Å². The number of alkyl halides is 5. The second kappa shape index (κ2) is 8.30. The predicted octanol–water partition coefficient (Wildman–Crippen LogP) is 3.93. The lowest BCUT2D eigenvalue weighted by Crippen LogP contribution is -2.58. The van der Waals surface area contributed by atoms with Crippen molar-refractivity contribution < 1.29 is 31.5 Å². The molecule has 0 spiro atoms. The summed E-state index contributed by atoms with van der Waals surface area (Å²) >= 11 is 0. The van der Waals surface area contributed by atoms with E-state index < -0.39 is 60.9 Å². The van der Waals surface area contributed by atoms with E-state index in [4.69, 9.17) is 10.5 Å². The first-order valence-corrected chi connectivity index (χ1v) is 11.0. The van der Waals surface area contributed by atoms with Crippen LogP contribution < -0.4 is 11.1 Å². The summed E-state index contributed by atoms with van der Waals surface area (Å²) in [6.07, 6.45) is -3.68. The molecule has 2 heterocycles. The Kier molecular flexibility index (Phi) is 5.96. The van der Waals surface area contributed by atoms with Gasteiger partial charge >= 0.3 is 12.2 Å². The molecule has 1 aliphatic carbocycles. The minimum absolute atomic E-state index is 0.176. The van der Waals surface area contributed by atoms with Gasteiger partial charge in [-0.15, -0.1) is 0 Å². The van der Waals surface area contributed by atoms with E-state index in [-0.39, 0.29) is 5.82 Å². The molecule has 4 rings (SSSR count). The van der Waals surface area contributed by atoms with Gasteiger partial charge in [-0.2, -0.15) is 18.4 Å². The molecular weight excluding hydrogens is 475 g/mol. The molecule has 190 valence electrons. The monoisotopic (exact) mass is 500 g/mol. The number of aromatic nitrogens is 2. The number of nitrogens with zero attached hydrogens (tertiary/aromatic N) is 3. The Balaban J connectivity index is 1.62. The van der Waals surface area contributed by atoms with E-state index in [2.05, 4.69) is 21.4 Å². The Morgan fingerprint density at radius 2 is 2.00 bits per heavy atom. The number of hydrogen-bond donors (Lipinski definition) is 3. The zero-order valence-electron chi connectivity index (χ0n) is 19.0. The van der Waals surface area contributed by atoms with E-state index in [0.29, 0.717) is 29.4 Å². The van der Waals surface area contributed by atoms with Crippen LogP contribution in [0.25, 0.3) is 11.0 Å². The highest BCUT2D eigenvalue weighted by molar-refractivity contribution is 5.78. The first-order chi connectivity index (χ1) is 16.2. The topological polar surface area (TPSA) is 120 Å². The number of carbonyl (C=O) groups is 1. The van der Waals surface area contributed by atoms with Gasteiger partial charge in [-0.1, -0.05) is 6.07 Å². The van der Waals surface area contributed by atoms with Crippen molar-refractivity contribution in [3.8, 4) is 6.07 Å². The average molecular weight is 500 g/mol. The lowest BCUT2D eigenvalue weighted by Gasteiger charge is -2.40. The molecule has 2 aromatic rings. The van der Waals surface area contributed by atoms with E-state index >= 15 is 0 Å². The van der Waals surface area contributed by atoms with Crippen LogP contribution in [0.1, 0.15) is 50.2 Å². The summed E-state index contributed by atoms with van der Waals surface area (Å²) in [5.74, 6) is -2.98. The summed E-state index contributed by atoms with van der Waals surface area (Å²) in [7, 11) is 0. The molecule has 2 amide bonds. The molecule has 2 atom stereocenters. The number of urea groups is 1. The molecule has 1 aromatic carbocycles. The number of carbonyl (C=O) groups excluding carboxylic acids is 1. The van der Waals surface area contributed by atoms with Gasteiger partial charge in [-0.05, 0) is 44.4 Å². The van der Waals surface area contributed by atoms with Gasteiger partial charge in [0.15, 0.2) is 5.60 Å². The van der Waals surface area contributed by atoms with E-state index in [1.165, 1.54) is 0 Å². The van der Waals surface area contributed by atoms with Gasteiger partial charge in [0.05, 0.1) is 54.3 Å². The van der Waals surface area contributed by atoms with Gasteiger partial charge in [0, 0.05) is 0 Å². The van der Waals surface area contributed by atoms with Crippen LogP contribution in [-0.2, 0) is 4.74 Å². The molecular formula is C22H25F5N6O2. The van der Waals surface area contributed by atoms with E-state index in [1.807, 2.05) is 0 Å². The lowest BCUT2D eigenvalue weighted by atomic mass is 9.89. The van der Waals surface area contributed by atoms with Crippen molar-refractivity contribution in [1.82, 2.24) is 20.2 Å². The van der Waals surface area contributed by atoms with Crippen LogP contribution in [0.3, 0.4) is 0 Å². The van der Waals surface area contributed by atoms with E-state index in [1.54, 1.807) is 18.2 Å². The maximum Gasteiger partial charge on any atom is 0.416 e. The summed E-state index contributed by atoms with van der Waals surface area (Å²) in [5.41, 5.74) is 3.92. The minimum atomic E-state index is -4.58. The predicted molar refractivity (Wildman–Crippen MR) is 114 cm³/mol. The number of rotatable bonds is 7. The minimum Gasteiger partial charge on any atom is -0.364 e. The molecule has 0 bridgehead atoms. The van der Waals surface area contributed by atoms with Crippen LogP contribution in [-0.4, -0.2) is 58.3 Å². The number of aromatic amines is 1. The van der Waals surface area contributed by atoms with Crippen molar-refractivity contribution in [3.05, 3.63) is 29.6 Å². The van der Waals surface area contributed by atoms with Crippen molar-refractivity contribution in [3.63, 3.8) is 0 Å². The Bertz CT molecular complexity index is 1170. The number of ether oxygens (including phenoxy) is 1. The second-order valence-electron chi connectivity index (χ2n) is 9.64. The van der Waals surface area contributed by atoms with Crippen LogP contribution >= 0.6 is 0 Å². The lowest BCUT2D eigenvalue weighted by molar-refractivity contribution is -0.264. The molecule has 8 nitrogen and oxygen atoms in total. The molecule has 1 saturated heterocycles. The molecule has 2 fully saturated rings. The van der Waals surface area contributed by atoms with Gasteiger partial charge in [0.1, 0.15) is 5.82 Å².